The summed E-state index contributed by atoms with van der Waals surface area (Å²) in [5.41, 5.74) is 2.20. The fourth-order valence-corrected chi connectivity index (χ4v) is 4.27. The average Bonchev–Trinajstić information content (AvgIpc) is 3.31. The van der Waals surface area contributed by atoms with E-state index in [0.717, 1.165) is 16.8 Å². The van der Waals surface area contributed by atoms with Crippen LogP contribution < -0.4 is 9.47 Å². The molecule has 172 valence electrons. The molecule has 7 heteroatoms. The van der Waals surface area contributed by atoms with Crippen LogP contribution in [0.4, 0.5) is 4.39 Å². The van der Waals surface area contributed by atoms with Crippen molar-refractivity contribution in [3.05, 3.63) is 96.9 Å². The van der Waals surface area contributed by atoms with Crippen LogP contribution in [0.3, 0.4) is 0 Å². The number of aromatic nitrogens is 2. The molecule has 0 spiro atoms. The van der Waals surface area contributed by atoms with Crippen LogP contribution in [-0.4, -0.2) is 20.0 Å². The van der Waals surface area contributed by atoms with Gasteiger partial charge in [-0.2, -0.15) is 0 Å². The lowest BCUT2D eigenvalue weighted by molar-refractivity contribution is 0.438. The lowest BCUT2D eigenvalue weighted by atomic mass is 10.2. The highest BCUT2D eigenvalue weighted by Crippen LogP contribution is 2.38. The first kappa shape index (κ1) is 22.3. The smallest absolute Gasteiger partial charge is 0.165 e. The Kier molecular flexibility index (Phi) is 5.73. The number of H-pyrrole nitrogens is 1. The minimum Gasteiger partial charge on any atom is -0.457 e. The van der Waals surface area contributed by atoms with E-state index in [2.05, 4.69) is 21.1 Å². The minimum atomic E-state index is -2.78. The average molecular weight is 483 g/mol. The van der Waals surface area contributed by atoms with Crippen molar-refractivity contribution < 1.29 is 18.1 Å². The molecular formula is C28H19FN2O3S. The van der Waals surface area contributed by atoms with Crippen molar-refractivity contribution in [2.45, 2.75) is 4.90 Å². The molecule has 1 unspecified atom stereocenters. The molecule has 0 aliphatic heterocycles. The van der Waals surface area contributed by atoms with E-state index in [1.165, 1.54) is 6.07 Å². The Balaban J connectivity index is 1.56. The van der Waals surface area contributed by atoms with Gasteiger partial charge < -0.3 is 14.5 Å². The minimum absolute atomic E-state index is 0.0868. The molecule has 0 amide bonds. The third kappa shape index (κ3) is 4.60. The number of nitrogens with one attached hydrogen (secondary N) is 1. The number of pyridine rings is 1. The quantitative estimate of drug-likeness (QED) is 0.218. The van der Waals surface area contributed by atoms with Gasteiger partial charge in [0, 0.05) is 22.5 Å². The van der Waals surface area contributed by atoms with Crippen LogP contribution in [0.5, 0.6) is 23.0 Å². The zero-order valence-electron chi connectivity index (χ0n) is 18.4. The highest BCUT2D eigenvalue weighted by molar-refractivity contribution is 8.04. The number of terminal acetylenes is 1. The van der Waals surface area contributed by atoms with Gasteiger partial charge >= 0.3 is 0 Å². The molecule has 2 heterocycles. The zero-order chi connectivity index (χ0) is 24.4. The Bertz CT molecular complexity index is 1670. The molecule has 0 aliphatic rings. The molecule has 1 atom stereocenters. The topological polar surface area (TPSA) is 64.2 Å². The molecule has 5 aromatic rings. The van der Waals surface area contributed by atoms with Crippen LogP contribution in [-0.2, 0) is 9.52 Å². The second kappa shape index (κ2) is 9.01. The van der Waals surface area contributed by atoms with Gasteiger partial charge in [-0.15, -0.1) is 6.42 Å². The third-order valence-electron chi connectivity index (χ3n) is 5.29. The Morgan fingerprint density at radius 1 is 0.914 bits per heavy atom. The lowest BCUT2D eigenvalue weighted by Gasteiger charge is -2.12. The summed E-state index contributed by atoms with van der Waals surface area (Å²) < 4.78 is 38.6. The monoisotopic (exact) mass is 482 g/mol. The van der Waals surface area contributed by atoms with Crippen LogP contribution in [0.25, 0.3) is 22.3 Å². The van der Waals surface area contributed by atoms with Crippen LogP contribution in [0, 0.1) is 17.5 Å². The summed E-state index contributed by atoms with van der Waals surface area (Å²) in [6.07, 6.45) is 7.03. The maximum absolute atomic E-state index is 14.3. The van der Waals surface area contributed by atoms with Gasteiger partial charge in [-0.05, 0) is 71.8 Å². The van der Waals surface area contributed by atoms with Gasteiger partial charge in [0.05, 0.1) is 26.4 Å². The Hall–Kier alpha value is -4.54. The van der Waals surface area contributed by atoms with Crippen LogP contribution in [0.15, 0.2) is 96.0 Å². The first-order valence-corrected chi connectivity index (χ1v) is 12.3. The standard InChI is InChI=1S/C28H19FN2O3S/c1-3-35(2,32)22-13-11-20(12-14-22)33-21-16-19-17-25(24-9-6-7-15-30-24)31-28(19)27(18-21)34-26-10-5-4-8-23(26)29/h1,4-18,31H,2H2. The van der Waals surface area contributed by atoms with E-state index in [9.17, 15) is 8.60 Å². The van der Waals surface area contributed by atoms with E-state index in [1.807, 2.05) is 30.3 Å². The first-order valence-electron chi connectivity index (χ1n) is 10.6. The number of aromatic amines is 1. The van der Waals surface area contributed by atoms with E-state index in [1.54, 1.807) is 54.7 Å². The fraction of sp³-hybridized carbons (Fsp3) is 0. The molecule has 0 radical (unpaired) electrons. The molecule has 0 fully saturated rings. The highest BCUT2D eigenvalue weighted by atomic mass is 32.2. The maximum atomic E-state index is 14.3. The molecule has 5 nitrogen and oxygen atoms in total. The summed E-state index contributed by atoms with van der Waals surface area (Å²) in [5, 5.41) is 3.01. The van der Waals surface area contributed by atoms with Gasteiger partial charge in [0.2, 0.25) is 0 Å². The number of para-hydroxylation sites is 1. The molecule has 1 N–H and O–H groups in total. The van der Waals surface area contributed by atoms with Crippen molar-refractivity contribution in [3.8, 4) is 46.1 Å². The number of fused-ring (bicyclic) bond motifs is 1. The summed E-state index contributed by atoms with van der Waals surface area (Å²) in [5.74, 6) is 4.54. The number of ether oxygens (including phenoxy) is 2. The summed E-state index contributed by atoms with van der Waals surface area (Å²) in [7, 11) is -2.78. The Morgan fingerprint density at radius 2 is 1.69 bits per heavy atom. The molecule has 0 bridgehead atoms. The van der Waals surface area contributed by atoms with Crippen molar-refractivity contribution in [2.24, 2.45) is 0 Å². The summed E-state index contributed by atoms with van der Waals surface area (Å²) >= 11 is 0. The van der Waals surface area contributed by atoms with E-state index in [0.29, 0.717) is 27.7 Å². The summed E-state index contributed by atoms with van der Waals surface area (Å²) in [6, 6.07) is 23.8. The van der Waals surface area contributed by atoms with Crippen molar-refractivity contribution in [3.63, 3.8) is 0 Å². The van der Waals surface area contributed by atoms with Crippen LogP contribution in [0.1, 0.15) is 0 Å². The van der Waals surface area contributed by atoms with Gasteiger partial charge in [-0.25, -0.2) is 4.39 Å². The first-order chi connectivity index (χ1) is 16.9. The van der Waals surface area contributed by atoms with Gasteiger partial charge in [-0.1, -0.05) is 18.2 Å². The largest absolute Gasteiger partial charge is 0.457 e. The molecule has 35 heavy (non-hydrogen) atoms. The van der Waals surface area contributed by atoms with Gasteiger partial charge in [0.25, 0.3) is 0 Å². The third-order valence-corrected chi connectivity index (χ3v) is 6.71. The molecule has 0 aliphatic carbocycles. The zero-order valence-corrected chi connectivity index (χ0v) is 19.2. The van der Waals surface area contributed by atoms with Crippen molar-refractivity contribution >= 4 is 26.3 Å². The maximum Gasteiger partial charge on any atom is 0.165 e. The number of nitrogens with zero attached hydrogens (tertiary/aromatic N) is 1. The summed E-state index contributed by atoms with van der Waals surface area (Å²) in [4.78, 5) is 8.15. The molecule has 0 saturated carbocycles. The van der Waals surface area contributed by atoms with Gasteiger partial charge in [0.15, 0.2) is 17.3 Å². The Labute approximate surface area is 202 Å². The SMILES string of the molecule is C#CS(=C)(=O)c1ccc(Oc2cc(Oc3ccccc3F)c3[nH]c(-c4ccccn4)cc3c2)cc1. The molecule has 0 saturated heterocycles. The molecule has 2 aromatic heterocycles. The van der Waals surface area contributed by atoms with E-state index >= 15 is 0 Å². The van der Waals surface area contributed by atoms with Crippen LogP contribution in [0.2, 0.25) is 0 Å². The fourth-order valence-electron chi connectivity index (χ4n) is 3.56. The van der Waals surface area contributed by atoms with Crippen molar-refractivity contribution in [1.29, 1.82) is 0 Å². The van der Waals surface area contributed by atoms with Gasteiger partial charge in [-0.3, -0.25) is 9.19 Å². The molecular weight excluding hydrogens is 463 g/mol. The predicted octanol–water partition coefficient (Wildman–Crippen LogP) is 6.62. The number of rotatable bonds is 6. The lowest BCUT2D eigenvalue weighted by Crippen LogP contribution is -1.95. The second-order valence-corrected chi connectivity index (χ2v) is 9.74. The second-order valence-electron chi connectivity index (χ2n) is 7.68. The van der Waals surface area contributed by atoms with Crippen molar-refractivity contribution in [1.82, 2.24) is 9.97 Å². The molecule has 3 aromatic carbocycles. The van der Waals surface area contributed by atoms with E-state index in [-0.39, 0.29) is 5.75 Å². The van der Waals surface area contributed by atoms with E-state index < -0.39 is 15.3 Å². The number of hydrogen-bond acceptors (Lipinski definition) is 4. The molecule has 5 rings (SSSR count). The van der Waals surface area contributed by atoms with E-state index in [4.69, 9.17) is 15.9 Å². The summed E-state index contributed by atoms with van der Waals surface area (Å²) in [6.45, 7) is 0. The van der Waals surface area contributed by atoms with Crippen LogP contribution >= 0.6 is 0 Å². The Morgan fingerprint density at radius 3 is 2.40 bits per heavy atom. The number of halogens is 1. The normalized spacial score (nSPS) is 12.6. The van der Waals surface area contributed by atoms with Gasteiger partial charge in [0.1, 0.15) is 11.5 Å². The van der Waals surface area contributed by atoms with Crippen molar-refractivity contribution in [2.75, 3.05) is 0 Å². The predicted molar refractivity (Wildman–Crippen MR) is 137 cm³/mol. The number of hydrogen-bond donors (Lipinski definition) is 1. The number of benzene rings is 3. The highest BCUT2D eigenvalue weighted by Gasteiger charge is 2.15.